The van der Waals surface area contributed by atoms with E-state index in [9.17, 15) is 14.4 Å². The van der Waals surface area contributed by atoms with Gasteiger partial charge in [-0.3, -0.25) is 19.3 Å². The van der Waals surface area contributed by atoms with Crippen LogP contribution in [0.25, 0.3) is 0 Å². The van der Waals surface area contributed by atoms with Crippen LogP contribution in [0, 0.1) is 11.8 Å². The van der Waals surface area contributed by atoms with Crippen LogP contribution in [-0.2, 0) is 20.9 Å². The third kappa shape index (κ3) is 3.51. The van der Waals surface area contributed by atoms with Gasteiger partial charge in [-0.2, -0.15) is 0 Å². The lowest BCUT2D eigenvalue weighted by molar-refractivity contribution is -0.140. The number of allylic oxidation sites excluding steroid dienone is 2. The molecule has 1 aromatic carbocycles. The molecule has 0 radical (unpaired) electrons. The second-order valence-corrected chi connectivity index (χ2v) is 6.57. The minimum absolute atomic E-state index is 0.123. The fourth-order valence-corrected chi connectivity index (χ4v) is 3.32. The van der Waals surface area contributed by atoms with Gasteiger partial charge < -0.3 is 5.32 Å². The van der Waals surface area contributed by atoms with Crippen LogP contribution >= 0.6 is 11.6 Å². The third-order valence-corrected chi connectivity index (χ3v) is 4.82. The van der Waals surface area contributed by atoms with Crippen molar-refractivity contribution in [3.8, 4) is 0 Å². The van der Waals surface area contributed by atoms with Gasteiger partial charge >= 0.3 is 0 Å². The van der Waals surface area contributed by atoms with Crippen molar-refractivity contribution in [2.75, 3.05) is 6.54 Å². The van der Waals surface area contributed by atoms with E-state index in [-0.39, 0.29) is 42.5 Å². The van der Waals surface area contributed by atoms with Crippen LogP contribution in [0.1, 0.15) is 24.8 Å². The molecule has 1 N–H and O–H groups in total. The number of hydrogen-bond donors (Lipinski definition) is 1. The number of carbonyl (C=O) groups excluding carboxylic acids is 3. The number of nitrogens with zero attached hydrogens (tertiary/aromatic N) is 1. The zero-order valence-electron chi connectivity index (χ0n) is 13.2. The molecule has 2 aliphatic rings. The van der Waals surface area contributed by atoms with Gasteiger partial charge in [-0.25, -0.2) is 0 Å². The first-order chi connectivity index (χ1) is 11.6. The molecule has 24 heavy (non-hydrogen) atoms. The van der Waals surface area contributed by atoms with Crippen molar-refractivity contribution in [2.24, 2.45) is 11.8 Å². The zero-order valence-corrected chi connectivity index (χ0v) is 14.0. The second-order valence-electron chi connectivity index (χ2n) is 6.14. The number of rotatable bonds is 5. The molecule has 1 aliphatic carbocycles. The first kappa shape index (κ1) is 16.7. The summed E-state index contributed by atoms with van der Waals surface area (Å²) in [6.45, 7) is 0.546. The Morgan fingerprint density at radius 1 is 1.08 bits per heavy atom. The van der Waals surface area contributed by atoms with Gasteiger partial charge in [0.1, 0.15) is 0 Å². The van der Waals surface area contributed by atoms with E-state index < -0.39 is 0 Å². The van der Waals surface area contributed by atoms with E-state index in [4.69, 9.17) is 11.6 Å². The van der Waals surface area contributed by atoms with E-state index in [0.29, 0.717) is 24.4 Å². The quantitative estimate of drug-likeness (QED) is 0.657. The lowest BCUT2D eigenvalue weighted by atomic mass is 9.85. The Morgan fingerprint density at radius 2 is 1.67 bits per heavy atom. The van der Waals surface area contributed by atoms with Gasteiger partial charge in [-0.15, -0.1) is 0 Å². The number of imide groups is 1. The van der Waals surface area contributed by atoms with Crippen LogP contribution in [0.4, 0.5) is 0 Å². The van der Waals surface area contributed by atoms with Crippen molar-refractivity contribution in [1.29, 1.82) is 0 Å². The molecule has 2 unspecified atom stereocenters. The lowest BCUT2D eigenvalue weighted by Crippen LogP contribution is -2.35. The normalized spacial score (nSPS) is 22.6. The van der Waals surface area contributed by atoms with Gasteiger partial charge in [0.05, 0.1) is 11.8 Å². The molecule has 3 amide bonds. The van der Waals surface area contributed by atoms with E-state index in [1.54, 1.807) is 12.1 Å². The van der Waals surface area contributed by atoms with Gasteiger partial charge in [-0.05, 0) is 30.5 Å². The van der Waals surface area contributed by atoms with Crippen LogP contribution in [0.5, 0.6) is 0 Å². The molecule has 2 atom stereocenters. The first-order valence-corrected chi connectivity index (χ1v) is 8.45. The standard InChI is InChI=1S/C18H19ClN2O3/c19-13-7-5-12(6-8-13)11-20-16(22)9-10-21-17(23)14-3-1-2-4-15(14)18(21)24/h1-2,5-8,14-15H,3-4,9-11H2,(H,20,22). The molecule has 0 aromatic heterocycles. The molecule has 1 heterocycles. The average Bonchev–Trinajstić information content (AvgIpc) is 2.84. The zero-order chi connectivity index (χ0) is 17.1. The Labute approximate surface area is 145 Å². The number of fused-ring (bicyclic) bond motifs is 1. The van der Waals surface area contributed by atoms with Gasteiger partial charge in [0.2, 0.25) is 17.7 Å². The van der Waals surface area contributed by atoms with Crippen molar-refractivity contribution >= 4 is 29.3 Å². The van der Waals surface area contributed by atoms with E-state index in [2.05, 4.69) is 5.32 Å². The smallest absolute Gasteiger partial charge is 0.233 e. The molecule has 1 fully saturated rings. The molecule has 0 bridgehead atoms. The Kier molecular flexibility index (Phi) is 5.00. The number of carbonyl (C=O) groups is 3. The molecule has 3 rings (SSSR count). The van der Waals surface area contributed by atoms with Crippen LogP contribution in [0.3, 0.4) is 0 Å². The Hall–Kier alpha value is -2.14. The number of halogens is 1. The summed E-state index contributed by atoms with van der Waals surface area (Å²) in [6.07, 6.45) is 5.27. The summed E-state index contributed by atoms with van der Waals surface area (Å²) in [5.74, 6) is -0.933. The topological polar surface area (TPSA) is 66.5 Å². The average molecular weight is 347 g/mol. The fourth-order valence-electron chi connectivity index (χ4n) is 3.19. The van der Waals surface area contributed by atoms with Crippen LogP contribution in [0.15, 0.2) is 36.4 Å². The minimum atomic E-state index is -0.236. The van der Waals surface area contributed by atoms with Gasteiger partial charge in [-0.1, -0.05) is 35.9 Å². The predicted molar refractivity (Wildman–Crippen MR) is 90.0 cm³/mol. The molecule has 6 heteroatoms. The van der Waals surface area contributed by atoms with Gasteiger partial charge in [0.25, 0.3) is 0 Å². The largest absolute Gasteiger partial charge is 0.352 e. The van der Waals surface area contributed by atoms with E-state index in [0.717, 1.165) is 5.56 Å². The van der Waals surface area contributed by atoms with Gasteiger partial charge in [0.15, 0.2) is 0 Å². The predicted octanol–water partition coefficient (Wildman–Crippen LogP) is 2.30. The lowest BCUT2D eigenvalue weighted by Gasteiger charge is -2.14. The molecule has 1 saturated heterocycles. The summed E-state index contributed by atoms with van der Waals surface area (Å²) in [7, 11) is 0. The molecular weight excluding hydrogens is 328 g/mol. The number of benzene rings is 1. The Balaban J connectivity index is 1.48. The van der Waals surface area contributed by atoms with Crippen molar-refractivity contribution in [2.45, 2.75) is 25.8 Å². The summed E-state index contributed by atoms with van der Waals surface area (Å²) < 4.78 is 0. The fraction of sp³-hybridized carbons (Fsp3) is 0.389. The molecule has 0 spiro atoms. The summed E-state index contributed by atoms with van der Waals surface area (Å²) in [4.78, 5) is 37.8. The summed E-state index contributed by atoms with van der Waals surface area (Å²) >= 11 is 5.81. The number of likely N-dealkylation sites (tertiary alicyclic amines) is 1. The van der Waals surface area contributed by atoms with E-state index in [1.165, 1.54) is 4.90 Å². The summed E-state index contributed by atoms with van der Waals surface area (Å²) in [6, 6.07) is 7.21. The Bertz CT molecular complexity index is 658. The maximum atomic E-state index is 12.3. The monoisotopic (exact) mass is 346 g/mol. The molecule has 5 nitrogen and oxygen atoms in total. The SMILES string of the molecule is O=C(CCN1C(=O)C2CC=CCC2C1=O)NCc1ccc(Cl)cc1. The van der Waals surface area contributed by atoms with Gasteiger partial charge in [0, 0.05) is 24.5 Å². The van der Waals surface area contributed by atoms with Crippen LogP contribution in [0.2, 0.25) is 5.02 Å². The number of amides is 3. The maximum Gasteiger partial charge on any atom is 0.233 e. The Morgan fingerprint density at radius 3 is 2.25 bits per heavy atom. The molecule has 1 aliphatic heterocycles. The maximum absolute atomic E-state index is 12.3. The highest BCUT2D eigenvalue weighted by Crippen LogP contribution is 2.34. The second kappa shape index (κ2) is 7.18. The molecule has 1 aromatic rings. The van der Waals surface area contributed by atoms with E-state index in [1.807, 2.05) is 24.3 Å². The van der Waals surface area contributed by atoms with Crippen molar-refractivity contribution in [3.05, 3.63) is 47.0 Å². The van der Waals surface area contributed by atoms with Crippen molar-refractivity contribution < 1.29 is 14.4 Å². The highest BCUT2D eigenvalue weighted by Gasteiger charge is 2.46. The van der Waals surface area contributed by atoms with Crippen molar-refractivity contribution in [3.63, 3.8) is 0 Å². The first-order valence-electron chi connectivity index (χ1n) is 8.07. The summed E-state index contributed by atoms with van der Waals surface area (Å²) in [5.41, 5.74) is 0.943. The number of hydrogen-bond acceptors (Lipinski definition) is 3. The third-order valence-electron chi connectivity index (χ3n) is 4.56. The van der Waals surface area contributed by atoms with Crippen molar-refractivity contribution in [1.82, 2.24) is 10.2 Å². The van der Waals surface area contributed by atoms with Crippen LogP contribution < -0.4 is 5.32 Å². The highest BCUT2D eigenvalue weighted by molar-refractivity contribution is 6.30. The molecule has 126 valence electrons. The number of nitrogens with one attached hydrogen (secondary N) is 1. The highest BCUT2D eigenvalue weighted by atomic mass is 35.5. The molecular formula is C18H19ClN2O3. The summed E-state index contributed by atoms with van der Waals surface area (Å²) in [5, 5.41) is 3.44. The molecule has 0 saturated carbocycles. The minimum Gasteiger partial charge on any atom is -0.352 e. The van der Waals surface area contributed by atoms with Crippen LogP contribution in [-0.4, -0.2) is 29.2 Å². The van der Waals surface area contributed by atoms with E-state index >= 15 is 0 Å².